The SMILES string of the molecule is COc1cc(C)c(S(=O)(=O)[C@H](C)C(=O)N(C)C)cc1OC. The number of hydrogen-bond acceptors (Lipinski definition) is 5. The van der Waals surface area contributed by atoms with Crippen molar-refractivity contribution < 1.29 is 22.7 Å². The Balaban J connectivity index is 3.42. The number of carbonyl (C=O) groups excluding carboxylic acids is 1. The van der Waals surface area contributed by atoms with Crippen molar-refractivity contribution in [2.75, 3.05) is 28.3 Å². The molecular formula is C14H21NO5S. The van der Waals surface area contributed by atoms with Crippen LogP contribution in [0.1, 0.15) is 12.5 Å². The molecular weight excluding hydrogens is 294 g/mol. The second-order valence-corrected chi connectivity index (χ2v) is 7.13. The third-order valence-electron chi connectivity index (χ3n) is 3.24. The van der Waals surface area contributed by atoms with E-state index in [9.17, 15) is 13.2 Å². The first-order valence-corrected chi connectivity index (χ1v) is 7.89. The first kappa shape index (κ1) is 17.3. The second-order valence-electron chi connectivity index (χ2n) is 4.89. The number of rotatable bonds is 5. The van der Waals surface area contributed by atoms with E-state index in [0.29, 0.717) is 17.1 Å². The highest BCUT2D eigenvalue weighted by atomic mass is 32.2. The molecule has 0 aliphatic rings. The molecule has 118 valence electrons. The van der Waals surface area contributed by atoms with Gasteiger partial charge in [0.15, 0.2) is 21.3 Å². The molecule has 0 saturated heterocycles. The topological polar surface area (TPSA) is 72.9 Å². The summed E-state index contributed by atoms with van der Waals surface area (Å²) in [6.45, 7) is 3.04. The van der Waals surface area contributed by atoms with E-state index in [1.165, 1.54) is 46.2 Å². The van der Waals surface area contributed by atoms with Crippen LogP contribution >= 0.6 is 0 Å². The number of benzene rings is 1. The van der Waals surface area contributed by atoms with Crippen molar-refractivity contribution in [2.45, 2.75) is 24.0 Å². The summed E-state index contributed by atoms with van der Waals surface area (Å²) in [5.41, 5.74) is 0.506. The van der Waals surface area contributed by atoms with E-state index in [4.69, 9.17) is 9.47 Å². The summed E-state index contributed by atoms with van der Waals surface area (Å²) in [5.74, 6) is 0.288. The fourth-order valence-corrected chi connectivity index (χ4v) is 3.59. The fraction of sp³-hybridized carbons (Fsp3) is 0.500. The van der Waals surface area contributed by atoms with E-state index in [-0.39, 0.29) is 4.90 Å². The molecule has 0 spiro atoms. The molecule has 0 heterocycles. The molecule has 1 aromatic carbocycles. The minimum Gasteiger partial charge on any atom is -0.493 e. The smallest absolute Gasteiger partial charge is 0.240 e. The molecule has 6 nitrogen and oxygen atoms in total. The second kappa shape index (κ2) is 6.34. The number of nitrogens with zero attached hydrogens (tertiary/aromatic N) is 1. The zero-order valence-corrected chi connectivity index (χ0v) is 13.9. The number of amides is 1. The van der Waals surface area contributed by atoms with Gasteiger partial charge in [-0.1, -0.05) is 0 Å². The lowest BCUT2D eigenvalue weighted by Crippen LogP contribution is -2.37. The normalized spacial score (nSPS) is 12.7. The molecule has 1 rings (SSSR count). The number of methoxy groups -OCH3 is 2. The maximum atomic E-state index is 12.6. The summed E-state index contributed by atoms with van der Waals surface area (Å²) in [5, 5.41) is -1.16. The van der Waals surface area contributed by atoms with Crippen molar-refractivity contribution in [2.24, 2.45) is 0 Å². The van der Waals surface area contributed by atoms with Crippen LogP contribution in [0.15, 0.2) is 17.0 Å². The van der Waals surface area contributed by atoms with Gasteiger partial charge >= 0.3 is 0 Å². The van der Waals surface area contributed by atoms with Crippen LogP contribution in [0.5, 0.6) is 11.5 Å². The van der Waals surface area contributed by atoms with Gasteiger partial charge in [0, 0.05) is 20.2 Å². The first-order valence-electron chi connectivity index (χ1n) is 6.34. The van der Waals surface area contributed by atoms with Crippen LogP contribution in [0.25, 0.3) is 0 Å². The molecule has 0 aliphatic carbocycles. The summed E-state index contributed by atoms with van der Waals surface area (Å²) < 4.78 is 35.5. The number of hydrogen-bond donors (Lipinski definition) is 0. The number of sulfone groups is 1. The maximum Gasteiger partial charge on any atom is 0.240 e. The third-order valence-corrected chi connectivity index (χ3v) is 5.43. The predicted molar refractivity (Wildman–Crippen MR) is 79.6 cm³/mol. The molecule has 7 heteroatoms. The first-order chi connectivity index (χ1) is 9.66. The van der Waals surface area contributed by atoms with Gasteiger partial charge in [0.05, 0.1) is 19.1 Å². The average Bonchev–Trinajstić information content (AvgIpc) is 2.44. The summed E-state index contributed by atoms with van der Waals surface area (Å²) in [6, 6.07) is 2.97. The van der Waals surface area contributed by atoms with Gasteiger partial charge in [-0.3, -0.25) is 4.79 Å². The molecule has 1 amide bonds. The molecule has 0 radical (unpaired) electrons. The van der Waals surface area contributed by atoms with E-state index in [2.05, 4.69) is 0 Å². The zero-order chi connectivity index (χ0) is 16.4. The van der Waals surface area contributed by atoms with E-state index in [1.54, 1.807) is 13.0 Å². The van der Waals surface area contributed by atoms with Crippen molar-refractivity contribution in [3.8, 4) is 11.5 Å². The van der Waals surface area contributed by atoms with Crippen LogP contribution in [0.2, 0.25) is 0 Å². The minimum absolute atomic E-state index is 0.0721. The Morgan fingerprint density at radius 2 is 1.62 bits per heavy atom. The van der Waals surface area contributed by atoms with Crippen molar-refractivity contribution >= 4 is 15.7 Å². The maximum absolute atomic E-state index is 12.6. The van der Waals surface area contributed by atoms with Crippen LogP contribution in [0.3, 0.4) is 0 Å². The van der Waals surface area contributed by atoms with Gasteiger partial charge < -0.3 is 14.4 Å². The van der Waals surface area contributed by atoms with Crippen LogP contribution < -0.4 is 9.47 Å². The quantitative estimate of drug-likeness (QED) is 0.818. The standard InChI is InChI=1S/C14H21NO5S/c1-9-7-11(19-5)12(20-6)8-13(9)21(17,18)10(2)14(16)15(3)4/h7-8,10H,1-6H3/t10-/m1/s1. The van der Waals surface area contributed by atoms with Gasteiger partial charge in [-0.2, -0.15) is 0 Å². The van der Waals surface area contributed by atoms with Crippen molar-refractivity contribution in [3.63, 3.8) is 0 Å². The van der Waals surface area contributed by atoms with Crippen LogP contribution in [0.4, 0.5) is 0 Å². The highest BCUT2D eigenvalue weighted by Crippen LogP contribution is 2.33. The monoisotopic (exact) mass is 315 g/mol. The summed E-state index contributed by atoms with van der Waals surface area (Å²) in [6.07, 6.45) is 0. The number of ether oxygens (including phenoxy) is 2. The summed E-state index contributed by atoms with van der Waals surface area (Å²) in [4.78, 5) is 13.3. The molecule has 0 N–H and O–H groups in total. The Labute approximate surface area is 125 Å². The van der Waals surface area contributed by atoms with Gasteiger partial charge in [0.2, 0.25) is 5.91 Å². The molecule has 1 atom stereocenters. The van der Waals surface area contributed by atoms with E-state index in [1.807, 2.05) is 0 Å². The molecule has 0 aromatic heterocycles. The van der Waals surface area contributed by atoms with Gasteiger partial charge in [0.25, 0.3) is 0 Å². The molecule has 0 unspecified atom stereocenters. The highest BCUT2D eigenvalue weighted by Gasteiger charge is 2.32. The van der Waals surface area contributed by atoms with Gasteiger partial charge in [-0.25, -0.2) is 8.42 Å². The average molecular weight is 315 g/mol. The Hall–Kier alpha value is -1.76. The lowest BCUT2D eigenvalue weighted by molar-refractivity contribution is -0.127. The highest BCUT2D eigenvalue weighted by molar-refractivity contribution is 7.92. The molecule has 0 fully saturated rings. The van der Waals surface area contributed by atoms with Crippen LogP contribution in [0, 0.1) is 6.92 Å². The predicted octanol–water partition coefficient (Wildman–Crippen LogP) is 1.26. The van der Waals surface area contributed by atoms with Gasteiger partial charge in [-0.15, -0.1) is 0 Å². The molecule has 0 bridgehead atoms. The largest absolute Gasteiger partial charge is 0.493 e. The Morgan fingerprint density at radius 1 is 1.14 bits per heavy atom. The van der Waals surface area contributed by atoms with Gasteiger partial charge in [-0.05, 0) is 25.5 Å². The van der Waals surface area contributed by atoms with E-state index >= 15 is 0 Å². The fourth-order valence-electron chi connectivity index (χ4n) is 1.96. The zero-order valence-electron chi connectivity index (χ0n) is 13.1. The van der Waals surface area contributed by atoms with Crippen molar-refractivity contribution in [1.82, 2.24) is 4.90 Å². The number of carbonyl (C=O) groups is 1. The Morgan fingerprint density at radius 3 is 2.05 bits per heavy atom. The molecule has 21 heavy (non-hydrogen) atoms. The Bertz CT molecular complexity index is 637. The van der Waals surface area contributed by atoms with Crippen LogP contribution in [-0.2, 0) is 14.6 Å². The summed E-state index contributed by atoms with van der Waals surface area (Å²) in [7, 11) is 2.15. The van der Waals surface area contributed by atoms with Crippen molar-refractivity contribution in [3.05, 3.63) is 17.7 Å². The molecule has 1 aromatic rings. The summed E-state index contributed by atoms with van der Waals surface area (Å²) >= 11 is 0. The molecule has 0 saturated carbocycles. The van der Waals surface area contributed by atoms with E-state index in [0.717, 1.165) is 0 Å². The van der Waals surface area contributed by atoms with Crippen molar-refractivity contribution in [1.29, 1.82) is 0 Å². The Kier molecular flexibility index (Phi) is 5.22. The minimum atomic E-state index is -3.80. The van der Waals surface area contributed by atoms with E-state index < -0.39 is 21.0 Å². The number of aryl methyl sites for hydroxylation is 1. The van der Waals surface area contributed by atoms with Gasteiger partial charge in [0.1, 0.15) is 5.25 Å². The lowest BCUT2D eigenvalue weighted by Gasteiger charge is -2.19. The van der Waals surface area contributed by atoms with Crippen LogP contribution in [-0.4, -0.2) is 52.8 Å². The molecule has 0 aliphatic heterocycles. The lowest BCUT2D eigenvalue weighted by atomic mass is 10.2. The third kappa shape index (κ3) is 3.29.